The van der Waals surface area contributed by atoms with Gasteiger partial charge in [-0.1, -0.05) is 30.1 Å². The van der Waals surface area contributed by atoms with Crippen LogP contribution in [0.3, 0.4) is 0 Å². The predicted molar refractivity (Wildman–Crippen MR) is 85.8 cm³/mol. The average Bonchev–Trinajstić information content (AvgIpc) is 2.39. The van der Waals surface area contributed by atoms with Gasteiger partial charge in [-0.25, -0.2) is 0 Å². The van der Waals surface area contributed by atoms with E-state index in [1.807, 2.05) is 25.3 Å². The van der Waals surface area contributed by atoms with Crippen LogP contribution in [-0.2, 0) is 11.2 Å². The summed E-state index contributed by atoms with van der Waals surface area (Å²) in [6.07, 6.45) is 5.43. The third kappa shape index (κ3) is 3.48. The van der Waals surface area contributed by atoms with Crippen LogP contribution >= 0.6 is 23.2 Å². The van der Waals surface area contributed by atoms with E-state index in [1.165, 1.54) is 6.42 Å². The molecule has 2 rings (SSSR count). The van der Waals surface area contributed by atoms with Crippen LogP contribution in [0.25, 0.3) is 0 Å². The van der Waals surface area contributed by atoms with E-state index >= 15 is 0 Å². The minimum absolute atomic E-state index is 0.0409. The number of ether oxygens (including phenoxy) is 1. The van der Waals surface area contributed by atoms with E-state index < -0.39 is 0 Å². The standard InChI is InChI=1S/C16H23Cl2NO/c1-3-9-19-15(16(20-2)7-4-8-16)11-12-10-13(17)5-6-14(12)18/h5-6,10,15,19H,3-4,7-9,11H2,1-2H3. The first-order chi connectivity index (χ1) is 9.61. The first-order valence-electron chi connectivity index (χ1n) is 7.34. The minimum Gasteiger partial charge on any atom is -0.377 e. The van der Waals surface area contributed by atoms with Gasteiger partial charge in [-0.2, -0.15) is 0 Å². The molecule has 20 heavy (non-hydrogen) atoms. The molecule has 112 valence electrons. The molecule has 2 nitrogen and oxygen atoms in total. The Hall–Kier alpha value is -0.280. The van der Waals surface area contributed by atoms with Crippen LogP contribution in [0.4, 0.5) is 0 Å². The lowest BCUT2D eigenvalue weighted by Crippen LogP contribution is -2.57. The summed E-state index contributed by atoms with van der Waals surface area (Å²) in [6.45, 7) is 3.17. The van der Waals surface area contributed by atoms with Crippen molar-refractivity contribution >= 4 is 23.2 Å². The largest absolute Gasteiger partial charge is 0.377 e. The Balaban J connectivity index is 2.16. The van der Waals surface area contributed by atoms with Crippen molar-refractivity contribution in [3.63, 3.8) is 0 Å². The second kappa shape index (κ2) is 7.13. The number of halogens is 2. The lowest BCUT2D eigenvalue weighted by Gasteiger charge is -2.47. The second-order valence-electron chi connectivity index (χ2n) is 5.57. The number of benzene rings is 1. The van der Waals surface area contributed by atoms with E-state index in [2.05, 4.69) is 12.2 Å². The fourth-order valence-corrected chi connectivity index (χ4v) is 3.29. The van der Waals surface area contributed by atoms with Crippen molar-refractivity contribution < 1.29 is 4.74 Å². The van der Waals surface area contributed by atoms with Crippen molar-refractivity contribution in [2.75, 3.05) is 13.7 Å². The predicted octanol–water partition coefficient (Wildman–Crippen LogP) is 4.47. The Morgan fingerprint density at radius 3 is 2.65 bits per heavy atom. The van der Waals surface area contributed by atoms with Gasteiger partial charge in [0.1, 0.15) is 0 Å². The Bertz CT molecular complexity index is 441. The van der Waals surface area contributed by atoms with Crippen LogP contribution in [0.5, 0.6) is 0 Å². The van der Waals surface area contributed by atoms with Crippen molar-refractivity contribution in [3.05, 3.63) is 33.8 Å². The SMILES string of the molecule is CCCNC(Cc1cc(Cl)ccc1Cl)C1(OC)CCC1. The Morgan fingerprint density at radius 1 is 1.35 bits per heavy atom. The van der Waals surface area contributed by atoms with Crippen LogP contribution in [0, 0.1) is 0 Å². The van der Waals surface area contributed by atoms with Crippen LogP contribution in [0.2, 0.25) is 10.0 Å². The molecular weight excluding hydrogens is 293 g/mol. The van der Waals surface area contributed by atoms with Gasteiger partial charge >= 0.3 is 0 Å². The highest BCUT2D eigenvalue weighted by Gasteiger charge is 2.44. The summed E-state index contributed by atoms with van der Waals surface area (Å²) in [5, 5.41) is 5.15. The molecule has 1 N–H and O–H groups in total. The van der Waals surface area contributed by atoms with Crippen molar-refractivity contribution in [2.24, 2.45) is 0 Å². The molecule has 0 saturated heterocycles. The molecule has 0 bridgehead atoms. The van der Waals surface area contributed by atoms with Gasteiger partial charge in [-0.05, 0) is 62.4 Å². The fraction of sp³-hybridized carbons (Fsp3) is 0.625. The number of methoxy groups -OCH3 is 1. The zero-order chi connectivity index (χ0) is 14.6. The lowest BCUT2D eigenvalue weighted by atomic mass is 9.72. The van der Waals surface area contributed by atoms with Crippen molar-refractivity contribution in [1.82, 2.24) is 5.32 Å². The van der Waals surface area contributed by atoms with Crippen LogP contribution in [0.1, 0.15) is 38.2 Å². The zero-order valence-corrected chi connectivity index (χ0v) is 13.7. The van der Waals surface area contributed by atoms with Gasteiger partial charge in [0.05, 0.1) is 5.60 Å². The monoisotopic (exact) mass is 315 g/mol. The molecule has 0 heterocycles. The van der Waals surface area contributed by atoms with Crippen LogP contribution in [-0.4, -0.2) is 25.3 Å². The molecule has 0 aliphatic heterocycles. The number of nitrogens with one attached hydrogen (secondary N) is 1. The van der Waals surface area contributed by atoms with Gasteiger partial charge in [0.15, 0.2) is 0 Å². The molecule has 1 atom stereocenters. The van der Waals surface area contributed by atoms with E-state index in [0.717, 1.165) is 47.8 Å². The average molecular weight is 316 g/mol. The summed E-state index contributed by atoms with van der Waals surface area (Å²) in [5.41, 5.74) is 1.05. The Morgan fingerprint density at radius 2 is 2.10 bits per heavy atom. The van der Waals surface area contributed by atoms with Gasteiger partial charge in [0, 0.05) is 23.2 Å². The highest BCUT2D eigenvalue weighted by molar-refractivity contribution is 6.33. The summed E-state index contributed by atoms with van der Waals surface area (Å²) < 4.78 is 5.84. The normalized spacial score (nSPS) is 18.6. The molecule has 0 spiro atoms. The second-order valence-corrected chi connectivity index (χ2v) is 6.41. The fourth-order valence-electron chi connectivity index (χ4n) is 2.90. The van der Waals surface area contributed by atoms with Crippen LogP contribution in [0.15, 0.2) is 18.2 Å². The highest BCUT2D eigenvalue weighted by atomic mass is 35.5. The summed E-state index contributed by atoms with van der Waals surface area (Å²) in [4.78, 5) is 0. The molecule has 1 saturated carbocycles. The van der Waals surface area contributed by atoms with Crippen molar-refractivity contribution in [1.29, 1.82) is 0 Å². The lowest BCUT2D eigenvalue weighted by molar-refractivity contribution is -0.0980. The molecular formula is C16H23Cl2NO. The smallest absolute Gasteiger partial charge is 0.0834 e. The van der Waals surface area contributed by atoms with Gasteiger partial charge in [-0.3, -0.25) is 0 Å². The highest BCUT2D eigenvalue weighted by Crippen LogP contribution is 2.40. The molecule has 1 aliphatic rings. The molecule has 0 amide bonds. The Kier molecular flexibility index (Phi) is 5.74. The molecule has 1 aromatic carbocycles. The molecule has 0 aromatic heterocycles. The maximum absolute atomic E-state index is 6.30. The molecule has 1 fully saturated rings. The van der Waals surface area contributed by atoms with Crippen molar-refractivity contribution in [3.8, 4) is 0 Å². The maximum atomic E-state index is 6.30. The van der Waals surface area contributed by atoms with Gasteiger partial charge < -0.3 is 10.1 Å². The van der Waals surface area contributed by atoms with E-state index in [4.69, 9.17) is 27.9 Å². The topological polar surface area (TPSA) is 21.3 Å². The third-order valence-electron chi connectivity index (χ3n) is 4.31. The zero-order valence-electron chi connectivity index (χ0n) is 12.2. The summed E-state index contributed by atoms with van der Waals surface area (Å²) >= 11 is 12.4. The van der Waals surface area contributed by atoms with Crippen molar-refractivity contribution in [2.45, 2.75) is 50.7 Å². The first-order valence-corrected chi connectivity index (χ1v) is 8.09. The summed E-state index contributed by atoms with van der Waals surface area (Å²) in [7, 11) is 1.82. The van der Waals surface area contributed by atoms with Gasteiger partial charge in [-0.15, -0.1) is 0 Å². The van der Waals surface area contributed by atoms with Gasteiger partial charge in [0.25, 0.3) is 0 Å². The van der Waals surface area contributed by atoms with E-state index in [-0.39, 0.29) is 11.6 Å². The number of hydrogen-bond acceptors (Lipinski definition) is 2. The minimum atomic E-state index is -0.0409. The van der Waals surface area contributed by atoms with Crippen LogP contribution < -0.4 is 5.32 Å². The quantitative estimate of drug-likeness (QED) is 0.801. The number of rotatable bonds is 7. The van der Waals surface area contributed by atoms with Gasteiger partial charge in [0.2, 0.25) is 0 Å². The summed E-state index contributed by atoms with van der Waals surface area (Å²) in [6, 6.07) is 5.96. The molecule has 4 heteroatoms. The molecule has 0 radical (unpaired) electrons. The molecule has 1 aliphatic carbocycles. The van der Waals surface area contributed by atoms with E-state index in [1.54, 1.807) is 0 Å². The van der Waals surface area contributed by atoms with E-state index in [0.29, 0.717) is 0 Å². The maximum Gasteiger partial charge on any atom is 0.0834 e. The molecule has 1 unspecified atom stereocenters. The molecule has 1 aromatic rings. The third-order valence-corrected chi connectivity index (χ3v) is 4.92. The number of hydrogen-bond donors (Lipinski definition) is 1. The summed E-state index contributed by atoms with van der Waals surface area (Å²) in [5.74, 6) is 0. The Labute approximate surface area is 131 Å². The van der Waals surface area contributed by atoms with E-state index in [9.17, 15) is 0 Å². The first kappa shape index (κ1) is 16.1.